The molecule has 138 valence electrons. The van der Waals surface area contributed by atoms with E-state index in [4.69, 9.17) is 9.47 Å². The molecule has 1 aromatic carbocycles. The summed E-state index contributed by atoms with van der Waals surface area (Å²) in [6.45, 7) is 3.75. The van der Waals surface area contributed by atoms with Crippen LogP contribution in [0.15, 0.2) is 18.2 Å². The van der Waals surface area contributed by atoms with E-state index in [9.17, 15) is 10.1 Å². The van der Waals surface area contributed by atoms with Crippen molar-refractivity contribution in [2.75, 3.05) is 24.7 Å². The Kier molecular flexibility index (Phi) is 4.18. The first-order valence-corrected chi connectivity index (χ1v) is 8.96. The van der Waals surface area contributed by atoms with Gasteiger partial charge in [-0.1, -0.05) is 13.0 Å². The molecule has 0 spiro atoms. The van der Waals surface area contributed by atoms with Crippen molar-refractivity contribution < 1.29 is 14.4 Å². The molecule has 1 fully saturated rings. The van der Waals surface area contributed by atoms with E-state index in [0.29, 0.717) is 31.1 Å². The van der Waals surface area contributed by atoms with Gasteiger partial charge >= 0.3 is 5.69 Å². The number of aromatic nitrogens is 2. The summed E-state index contributed by atoms with van der Waals surface area (Å²) in [6, 6.07) is 6.01. The summed E-state index contributed by atoms with van der Waals surface area (Å²) in [7, 11) is 1.78. The number of anilines is 1. The van der Waals surface area contributed by atoms with Gasteiger partial charge in [0, 0.05) is 13.6 Å². The lowest BCUT2D eigenvalue weighted by molar-refractivity contribution is -0.384. The van der Waals surface area contributed by atoms with Gasteiger partial charge in [0.05, 0.1) is 11.0 Å². The Morgan fingerprint density at radius 3 is 2.81 bits per heavy atom. The Morgan fingerprint density at radius 1 is 1.31 bits per heavy atom. The van der Waals surface area contributed by atoms with E-state index in [1.165, 1.54) is 0 Å². The number of nitro groups is 1. The number of ether oxygens (including phenoxy) is 2. The summed E-state index contributed by atoms with van der Waals surface area (Å²) < 4.78 is 12.9. The molecule has 1 atom stereocenters. The van der Waals surface area contributed by atoms with Crippen molar-refractivity contribution in [2.45, 2.75) is 32.2 Å². The van der Waals surface area contributed by atoms with Gasteiger partial charge < -0.3 is 14.4 Å². The molecule has 1 aromatic heterocycles. The molecule has 1 saturated heterocycles. The first-order valence-electron chi connectivity index (χ1n) is 8.96. The normalized spacial score (nSPS) is 19.0. The van der Waals surface area contributed by atoms with E-state index >= 15 is 0 Å². The SMILES string of the molecule is CCc1nn(C)c(N2CCCC2c2ccc3c(c2)OCCO3)c1[N+](=O)[O-]. The minimum absolute atomic E-state index is 0.0598. The maximum Gasteiger partial charge on any atom is 0.334 e. The number of aryl methyl sites for hydroxylation is 2. The quantitative estimate of drug-likeness (QED) is 0.617. The minimum atomic E-state index is -0.305. The molecule has 2 aliphatic rings. The summed E-state index contributed by atoms with van der Waals surface area (Å²) in [5.74, 6) is 2.09. The smallest absolute Gasteiger partial charge is 0.334 e. The number of rotatable bonds is 4. The monoisotopic (exact) mass is 358 g/mol. The largest absolute Gasteiger partial charge is 0.486 e. The highest BCUT2D eigenvalue weighted by molar-refractivity contribution is 5.63. The second-order valence-corrected chi connectivity index (χ2v) is 6.61. The van der Waals surface area contributed by atoms with Gasteiger partial charge in [-0.05, 0) is 37.0 Å². The average molecular weight is 358 g/mol. The van der Waals surface area contributed by atoms with Crippen molar-refractivity contribution >= 4 is 11.5 Å². The standard InChI is InChI=1S/C18H22N4O4/c1-3-13-17(22(23)24)18(20(2)19-13)21-8-4-5-14(21)12-6-7-15-16(11-12)26-10-9-25-15/h6-7,11,14H,3-5,8-10H2,1-2H3. The van der Waals surface area contributed by atoms with Crippen molar-refractivity contribution in [2.24, 2.45) is 7.05 Å². The molecule has 0 amide bonds. The lowest BCUT2D eigenvalue weighted by Gasteiger charge is -2.27. The molecule has 0 saturated carbocycles. The van der Waals surface area contributed by atoms with Gasteiger partial charge in [0.2, 0.25) is 5.82 Å². The van der Waals surface area contributed by atoms with E-state index in [2.05, 4.69) is 10.00 Å². The molecule has 26 heavy (non-hydrogen) atoms. The van der Waals surface area contributed by atoms with Crippen LogP contribution in [-0.2, 0) is 13.5 Å². The molecular formula is C18H22N4O4. The molecule has 3 heterocycles. The zero-order chi connectivity index (χ0) is 18.3. The topological polar surface area (TPSA) is 82.7 Å². The molecule has 0 aliphatic carbocycles. The highest BCUT2D eigenvalue weighted by Gasteiger charge is 2.36. The third-order valence-electron chi connectivity index (χ3n) is 5.06. The van der Waals surface area contributed by atoms with Crippen molar-refractivity contribution in [3.63, 3.8) is 0 Å². The lowest BCUT2D eigenvalue weighted by atomic mass is 10.0. The van der Waals surface area contributed by atoms with Gasteiger partial charge in [-0.15, -0.1) is 0 Å². The first kappa shape index (κ1) is 16.7. The Morgan fingerprint density at radius 2 is 2.08 bits per heavy atom. The fourth-order valence-corrected chi connectivity index (χ4v) is 3.94. The maximum atomic E-state index is 11.7. The highest BCUT2D eigenvalue weighted by atomic mass is 16.6. The summed E-state index contributed by atoms with van der Waals surface area (Å²) in [4.78, 5) is 13.5. The highest BCUT2D eigenvalue weighted by Crippen LogP contribution is 2.43. The Hall–Kier alpha value is -2.77. The molecule has 0 radical (unpaired) electrons. The second-order valence-electron chi connectivity index (χ2n) is 6.61. The zero-order valence-corrected chi connectivity index (χ0v) is 15.0. The van der Waals surface area contributed by atoms with Crippen LogP contribution in [0.25, 0.3) is 0 Å². The van der Waals surface area contributed by atoms with Gasteiger partial charge in [-0.25, -0.2) is 4.68 Å². The van der Waals surface area contributed by atoms with Crippen molar-refractivity contribution in [3.05, 3.63) is 39.6 Å². The van der Waals surface area contributed by atoms with Crippen LogP contribution in [0, 0.1) is 10.1 Å². The van der Waals surface area contributed by atoms with Crippen LogP contribution in [0.2, 0.25) is 0 Å². The predicted molar refractivity (Wildman–Crippen MR) is 96.0 cm³/mol. The number of benzene rings is 1. The van der Waals surface area contributed by atoms with Gasteiger partial charge in [0.1, 0.15) is 18.9 Å². The van der Waals surface area contributed by atoms with Gasteiger partial charge in [0.15, 0.2) is 11.5 Å². The van der Waals surface area contributed by atoms with Crippen LogP contribution in [0.3, 0.4) is 0 Å². The average Bonchev–Trinajstić information content (AvgIpc) is 3.24. The van der Waals surface area contributed by atoms with Crippen LogP contribution in [-0.4, -0.2) is 34.5 Å². The van der Waals surface area contributed by atoms with E-state index in [1.54, 1.807) is 11.7 Å². The summed E-state index contributed by atoms with van der Waals surface area (Å²) in [5, 5.41) is 16.1. The van der Waals surface area contributed by atoms with Crippen LogP contribution >= 0.6 is 0 Å². The third kappa shape index (κ3) is 2.65. The second kappa shape index (κ2) is 6.51. The Labute approximate surface area is 151 Å². The van der Waals surface area contributed by atoms with E-state index in [-0.39, 0.29) is 16.7 Å². The summed E-state index contributed by atoms with van der Waals surface area (Å²) in [5.41, 5.74) is 1.74. The molecule has 2 aromatic rings. The summed E-state index contributed by atoms with van der Waals surface area (Å²) >= 11 is 0. The van der Waals surface area contributed by atoms with Crippen molar-refractivity contribution in [3.8, 4) is 11.5 Å². The van der Waals surface area contributed by atoms with Crippen molar-refractivity contribution in [1.29, 1.82) is 0 Å². The Bertz CT molecular complexity index is 848. The zero-order valence-electron chi connectivity index (χ0n) is 15.0. The van der Waals surface area contributed by atoms with E-state index in [0.717, 1.165) is 36.4 Å². The number of fused-ring (bicyclic) bond motifs is 1. The van der Waals surface area contributed by atoms with Crippen LogP contribution in [0.1, 0.15) is 37.1 Å². The number of hydrogen-bond acceptors (Lipinski definition) is 6. The van der Waals surface area contributed by atoms with Crippen LogP contribution in [0.5, 0.6) is 11.5 Å². The number of hydrogen-bond donors (Lipinski definition) is 0. The minimum Gasteiger partial charge on any atom is -0.486 e. The van der Waals surface area contributed by atoms with Crippen LogP contribution < -0.4 is 14.4 Å². The fraction of sp³-hybridized carbons (Fsp3) is 0.500. The molecule has 1 unspecified atom stereocenters. The lowest BCUT2D eigenvalue weighted by Crippen LogP contribution is -2.26. The van der Waals surface area contributed by atoms with Gasteiger partial charge in [-0.3, -0.25) is 10.1 Å². The third-order valence-corrected chi connectivity index (χ3v) is 5.06. The van der Waals surface area contributed by atoms with Crippen LogP contribution in [0.4, 0.5) is 11.5 Å². The molecule has 0 bridgehead atoms. The number of nitrogens with zero attached hydrogens (tertiary/aromatic N) is 4. The van der Waals surface area contributed by atoms with Crippen molar-refractivity contribution in [1.82, 2.24) is 9.78 Å². The van der Waals surface area contributed by atoms with Gasteiger partial charge in [0.25, 0.3) is 0 Å². The maximum absolute atomic E-state index is 11.7. The molecule has 8 heteroatoms. The Balaban J connectivity index is 1.74. The predicted octanol–water partition coefficient (Wildman–Crippen LogP) is 3.00. The summed E-state index contributed by atoms with van der Waals surface area (Å²) in [6.07, 6.45) is 2.44. The molecule has 8 nitrogen and oxygen atoms in total. The van der Waals surface area contributed by atoms with E-state index < -0.39 is 0 Å². The molecular weight excluding hydrogens is 336 g/mol. The molecule has 0 N–H and O–H groups in total. The fourth-order valence-electron chi connectivity index (χ4n) is 3.94. The van der Waals surface area contributed by atoms with E-state index in [1.807, 2.05) is 25.1 Å². The molecule has 2 aliphatic heterocycles. The first-order chi connectivity index (χ1) is 12.6. The van der Waals surface area contributed by atoms with Gasteiger partial charge in [-0.2, -0.15) is 5.10 Å². The molecule has 4 rings (SSSR count).